The van der Waals surface area contributed by atoms with Gasteiger partial charge in [-0.3, -0.25) is 4.79 Å². The second-order valence-corrected chi connectivity index (χ2v) is 7.00. The molecule has 1 unspecified atom stereocenters. The van der Waals surface area contributed by atoms with Gasteiger partial charge in [0.2, 0.25) is 0 Å². The number of amides is 1. The number of hydrogen-bond donors (Lipinski definition) is 2. The molecule has 23 heavy (non-hydrogen) atoms. The van der Waals surface area contributed by atoms with Gasteiger partial charge >= 0.3 is 0 Å². The van der Waals surface area contributed by atoms with Crippen LogP contribution in [0.25, 0.3) is 0 Å². The molecule has 4 heteroatoms. The van der Waals surface area contributed by atoms with Crippen molar-refractivity contribution < 1.29 is 9.53 Å². The molecular weight excluding hydrogens is 288 g/mol. The molecule has 3 N–H and O–H groups in total. The van der Waals surface area contributed by atoms with Crippen molar-refractivity contribution in [2.45, 2.75) is 38.7 Å². The molecule has 2 aromatic carbocycles. The van der Waals surface area contributed by atoms with E-state index in [-0.39, 0.29) is 11.3 Å². The van der Waals surface area contributed by atoms with Gasteiger partial charge in [-0.05, 0) is 34.7 Å². The fraction of sp³-hybridized carbons (Fsp3) is 0.316. The standard InChI is InChI=1S/C19H22N2O2/c1-19(2,3)13-6-4-12(5-7-13)10-17-18(22)21-15-11-14(20)8-9-16(15)23-17/h4-9,11,17H,10,20H2,1-3H3,(H,21,22). The Labute approximate surface area is 136 Å². The van der Waals surface area contributed by atoms with E-state index in [9.17, 15) is 4.79 Å². The Bertz CT molecular complexity index is 730. The summed E-state index contributed by atoms with van der Waals surface area (Å²) in [7, 11) is 0. The summed E-state index contributed by atoms with van der Waals surface area (Å²) in [6, 6.07) is 13.6. The third kappa shape index (κ3) is 3.31. The molecule has 4 nitrogen and oxygen atoms in total. The van der Waals surface area contributed by atoms with Gasteiger partial charge in [-0.1, -0.05) is 45.0 Å². The molecule has 3 rings (SSSR count). The van der Waals surface area contributed by atoms with E-state index in [0.29, 0.717) is 23.5 Å². The van der Waals surface area contributed by atoms with Crippen molar-refractivity contribution >= 4 is 17.3 Å². The molecular formula is C19H22N2O2. The molecule has 1 aliphatic rings. The van der Waals surface area contributed by atoms with E-state index in [0.717, 1.165) is 5.56 Å². The Morgan fingerprint density at radius 2 is 1.83 bits per heavy atom. The van der Waals surface area contributed by atoms with Gasteiger partial charge < -0.3 is 15.8 Å². The van der Waals surface area contributed by atoms with Crippen LogP contribution in [0.1, 0.15) is 31.9 Å². The molecule has 1 amide bonds. The monoisotopic (exact) mass is 310 g/mol. The summed E-state index contributed by atoms with van der Waals surface area (Å²) in [4.78, 5) is 12.2. The van der Waals surface area contributed by atoms with Crippen LogP contribution in [0.15, 0.2) is 42.5 Å². The number of carbonyl (C=O) groups is 1. The number of nitrogen functional groups attached to an aromatic ring is 1. The number of hydrogen-bond acceptors (Lipinski definition) is 3. The van der Waals surface area contributed by atoms with Crippen LogP contribution in [0.4, 0.5) is 11.4 Å². The molecule has 0 bridgehead atoms. The second kappa shape index (κ2) is 5.61. The molecule has 0 aliphatic carbocycles. The number of anilines is 2. The third-order valence-corrected chi connectivity index (χ3v) is 4.06. The molecule has 120 valence electrons. The zero-order chi connectivity index (χ0) is 16.6. The lowest BCUT2D eigenvalue weighted by Crippen LogP contribution is -2.38. The van der Waals surface area contributed by atoms with Crippen molar-refractivity contribution in [2.75, 3.05) is 11.1 Å². The maximum absolute atomic E-state index is 12.2. The first-order valence-electron chi connectivity index (χ1n) is 7.79. The zero-order valence-corrected chi connectivity index (χ0v) is 13.7. The van der Waals surface area contributed by atoms with Crippen LogP contribution < -0.4 is 15.8 Å². The first-order valence-corrected chi connectivity index (χ1v) is 7.79. The maximum Gasteiger partial charge on any atom is 0.265 e. The minimum atomic E-state index is -0.522. The summed E-state index contributed by atoms with van der Waals surface area (Å²) in [6.45, 7) is 6.55. The number of ether oxygens (including phenoxy) is 1. The van der Waals surface area contributed by atoms with Crippen LogP contribution >= 0.6 is 0 Å². The normalized spacial score (nSPS) is 17.2. The largest absolute Gasteiger partial charge is 0.478 e. The molecule has 0 saturated carbocycles. The van der Waals surface area contributed by atoms with E-state index in [1.54, 1.807) is 18.2 Å². The lowest BCUT2D eigenvalue weighted by Gasteiger charge is -2.26. The highest BCUT2D eigenvalue weighted by molar-refractivity contribution is 5.98. The number of fused-ring (bicyclic) bond motifs is 1. The molecule has 1 atom stereocenters. The molecule has 0 saturated heterocycles. The predicted octanol–water partition coefficient (Wildman–Crippen LogP) is 3.51. The molecule has 1 aliphatic heterocycles. The quantitative estimate of drug-likeness (QED) is 0.834. The lowest BCUT2D eigenvalue weighted by atomic mass is 9.86. The van der Waals surface area contributed by atoms with Crippen LogP contribution in [0.2, 0.25) is 0 Å². The van der Waals surface area contributed by atoms with E-state index in [1.165, 1.54) is 5.56 Å². The fourth-order valence-corrected chi connectivity index (χ4v) is 2.66. The highest BCUT2D eigenvalue weighted by atomic mass is 16.5. The lowest BCUT2D eigenvalue weighted by molar-refractivity contribution is -0.123. The van der Waals surface area contributed by atoms with E-state index >= 15 is 0 Å². The molecule has 0 fully saturated rings. The van der Waals surface area contributed by atoms with E-state index < -0.39 is 6.10 Å². The first kappa shape index (κ1) is 15.4. The van der Waals surface area contributed by atoms with E-state index in [4.69, 9.17) is 10.5 Å². The Hall–Kier alpha value is -2.49. The van der Waals surface area contributed by atoms with E-state index in [2.05, 4.69) is 50.4 Å². The average Bonchev–Trinajstić information content (AvgIpc) is 2.48. The summed E-state index contributed by atoms with van der Waals surface area (Å²) in [5.41, 5.74) is 9.44. The summed E-state index contributed by atoms with van der Waals surface area (Å²) in [5.74, 6) is 0.526. The number of benzene rings is 2. The van der Waals surface area contributed by atoms with Crippen molar-refractivity contribution in [3.05, 3.63) is 53.6 Å². The third-order valence-electron chi connectivity index (χ3n) is 4.06. The van der Waals surface area contributed by atoms with Crippen molar-refractivity contribution in [3.63, 3.8) is 0 Å². The number of nitrogens with one attached hydrogen (secondary N) is 1. The molecule has 1 heterocycles. The summed E-state index contributed by atoms with van der Waals surface area (Å²) in [6.07, 6.45) is 0.0201. The molecule has 0 spiro atoms. The van der Waals surface area contributed by atoms with Crippen LogP contribution in [-0.2, 0) is 16.6 Å². The fourth-order valence-electron chi connectivity index (χ4n) is 2.66. The molecule has 2 aromatic rings. The molecule has 0 radical (unpaired) electrons. The van der Waals surface area contributed by atoms with Crippen molar-refractivity contribution in [2.24, 2.45) is 0 Å². The minimum Gasteiger partial charge on any atom is -0.478 e. The minimum absolute atomic E-state index is 0.121. The Morgan fingerprint density at radius 3 is 2.48 bits per heavy atom. The highest BCUT2D eigenvalue weighted by Gasteiger charge is 2.28. The average molecular weight is 310 g/mol. The number of nitrogens with two attached hydrogens (primary N) is 1. The van der Waals surface area contributed by atoms with Gasteiger partial charge in [0.25, 0.3) is 5.91 Å². The van der Waals surface area contributed by atoms with Crippen molar-refractivity contribution in [3.8, 4) is 5.75 Å². The Balaban J connectivity index is 1.76. The number of rotatable bonds is 2. The number of carbonyl (C=O) groups excluding carboxylic acids is 1. The molecule has 0 aromatic heterocycles. The summed E-state index contributed by atoms with van der Waals surface area (Å²) >= 11 is 0. The van der Waals surface area contributed by atoms with Gasteiger partial charge in [0, 0.05) is 12.1 Å². The maximum atomic E-state index is 12.2. The van der Waals surface area contributed by atoms with Gasteiger partial charge in [0.15, 0.2) is 6.10 Å². The zero-order valence-electron chi connectivity index (χ0n) is 13.7. The van der Waals surface area contributed by atoms with Crippen LogP contribution in [0, 0.1) is 0 Å². The SMILES string of the molecule is CC(C)(C)c1ccc(CC2Oc3ccc(N)cc3NC2=O)cc1. The topological polar surface area (TPSA) is 64.3 Å². The predicted molar refractivity (Wildman–Crippen MR) is 92.7 cm³/mol. The van der Waals surface area contributed by atoms with Gasteiger partial charge in [0.05, 0.1) is 5.69 Å². The highest BCUT2D eigenvalue weighted by Crippen LogP contribution is 2.32. The smallest absolute Gasteiger partial charge is 0.265 e. The Morgan fingerprint density at radius 1 is 1.13 bits per heavy atom. The van der Waals surface area contributed by atoms with Crippen molar-refractivity contribution in [1.82, 2.24) is 0 Å². The first-order chi connectivity index (χ1) is 10.8. The summed E-state index contributed by atoms with van der Waals surface area (Å²) in [5, 5.41) is 2.86. The van der Waals surface area contributed by atoms with E-state index in [1.807, 2.05) is 0 Å². The van der Waals surface area contributed by atoms with Gasteiger partial charge in [0.1, 0.15) is 5.75 Å². The van der Waals surface area contributed by atoms with Crippen LogP contribution in [0.3, 0.4) is 0 Å². The Kier molecular flexibility index (Phi) is 3.76. The van der Waals surface area contributed by atoms with Crippen LogP contribution in [0.5, 0.6) is 5.75 Å². The van der Waals surface area contributed by atoms with Gasteiger partial charge in [-0.25, -0.2) is 0 Å². The van der Waals surface area contributed by atoms with Crippen LogP contribution in [-0.4, -0.2) is 12.0 Å². The van der Waals surface area contributed by atoms with Gasteiger partial charge in [-0.2, -0.15) is 0 Å². The van der Waals surface area contributed by atoms with Gasteiger partial charge in [-0.15, -0.1) is 0 Å². The van der Waals surface area contributed by atoms with Crippen molar-refractivity contribution in [1.29, 1.82) is 0 Å². The second-order valence-electron chi connectivity index (χ2n) is 7.00. The summed E-state index contributed by atoms with van der Waals surface area (Å²) < 4.78 is 5.83.